The summed E-state index contributed by atoms with van der Waals surface area (Å²) in [4.78, 5) is 0. The van der Waals surface area contributed by atoms with Crippen molar-refractivity contribution in [2.45, 2.75) is 37.4 Å². The molecule has 0 aliphatic heterocycles. The van der Waals surface area contributed by atoms with Crippen LogP contribution in [-0.2, 0) is 9.84 Å². The van der Waals surface area contributed by atoms with Crippen LogP contribution in [0, 0.1) is 5.41 Å². The van der Waals surface area contributed by atoms with Crippen LogP contribution in [0.25, 0.3) is 0 Å². The van der Waals surface area contributed by atoms with Gasteiger partial charge in [0.2, 0.25) is 0 Å². The Morgan fingerprint density at radius 3 is 2.00 bits per heavy atom. The lowest BCUT2D eigenvalue weighted by molar-refractivity contribution is 0.0375. The first-order chi connectivity index (χ1) is 5.05. The van der Waals surface area contributed by atoms with Gasteiger partial charge >= 0.3 is 0 Å². The Morgan fingerprint density at radius 1 is 1.27 bits per heavy atom. The van der Waals surface area contributed by atoms with Gasteiger partial charge in [0.05, 0.1) is 5.25 Å². The Kier molecular flexibility index (Phi) is 1.38. The Hall–Kier alpha value is -0.0500. The molecule has 0 aromatic carbocycles. The van der Waals surface area contributed by atoms with Gasteiger partial charge in [-0.05, 0) is 31.1 Å². The lowest BCUT2D eigenvalue weighted by Crippen LogP contribution is -2.53. The van der Waals surface area contributed by atoms with Crippen LogP contribution >= 0.6 is 0 Å². The summed E-state index contributed by atoms with van der Waals surface area (Å²) in [6, 6.07) is 0. The predicted octanol–water partition coefficient (Wildman–Crippen LogP) is 1.36. The van der Waals surface area contributed by atoms with Crippen LogP contribution in [0.5, 0.6) is 0 Å². The fourth-order valence-corrected chi connectivity index (χ4v) is 4.35. The smallest absolute Gasteiger partial charge is 0.150 e. The third-order valence-corrected chi connectivity index (χ3v) is 5.22. The van der Waals surface area contributed by atoms with Crippen molar-refractivity contribution in [3.63, 3.8) is 0 Å². The third kappa shape index (κ3) is 0.934. The summed E-state index contributed by atoms with van der Waals surface area (Å²) < 4.78 is 22.4. The molecule has 2 aliphatic rings. The van der Waals surface area contributed by atoms with Gasteiger partial charge in [0.15, 0.2) is 9.84 Å². The number of hydrogen-bond donors (Lipinski definition) is 0. The van der Waals surface area contributed by atoms with Crippen molar-refractivity contribution < 1.29 is 8.42 Å². The highest BCUT2D eigenvalue weighted by atomic mass is 32.2. The standard InChI is InChI=1S/C8H14O2S/c1-11(9,10)7-3-6-8(7)4-2-5-8/h7H,2-6H2,1H3. The van der Waals surface area contributed by atoms with Crippen molar-refractivity contribution in [2.75, 3.05) is 6.26 Å². The van der Waals surface area contributed by atoms with E-state index in [1.165, 1.54) is 12.7 Å². The van der Waals surface area contributed by atoms with Crippen molar-refractivity contribution >= 4 is 9.84 Å². The van der Waals surface area contributed by atoms with Crippen LogP contribution in [0.2, 0.25) is 0 Å². The van der Waals surface area contributed by atoms with Gasteiger partial charge in [-0.25, -0.2) is 8.42 Å². The maximum atomic E-state index is 11.2. The Labute approximate surface area is 67.9 Å². The van der Waals surface area contributed by atoms with Gasteiger partial charge in [-0.2, -0.15) is 0 Å². The minimum Gasteiger partial charge on any atom is -0.229 e. The van der Waals surface area contributed by atoms with Crippen LogP contribution < -0.4 is 0 Å². The second-order valence-electron chi connectivity index (χ2n) is 4.07. The zero-order valence-electron chi connectivity index (χ0n) is 6.84. The maximum absolute atomic E-state index is 11.2. The number of hydrogen-bond acceptors (Lipinski definition) is 2. The molecule has 0 radical (unpaired) electrons. The molecule has 2 nitrogen and oxygen atoms in total. The largest absolute Gasteiger partial charge is 0.229 e. The summed E-state index contributed by atoms with van der Waals surface area (Å²) in [5, 5.41) is 0.0174. The van der Waals surface area contributed by atoms with E-state index < -0.39 is 9.84 Å². The topological polar surface area (TPSA) is 34.1 Å². The molecule has 0 bridgehead atoms. The molecule has 0 N–H and O–H groups in total. The highest BCUT2D eigenvalue weighted by molar-refractivity contribution is 7.91. The van der Waals surface area contributed by atoms with E-state index in [-0.39, 0.29) is 10.7 Å². The van der Waals surface area contributed by atoms with E-state index in [1.807, 2.05) is 0 Å². The van der Waals surface area contributed by atoms with E-state index in [1.54, 1.807) is 0 Å². The Morgan fingerprint density at radius 2 is 1.91 bits per heavy atom. The average Bonchev–Trinajstić information content (AvgIpc) is 1.49. The summed E-state index contributed by atoms with van der Waals surface area (Å²) in [5.74, 6) is 0. The highest BCUT2D eigenvalue weighted by Crippen LogP contribution is 2.58. The normalized spacial score (nSPS) is 34.5. The predicted molar refractivity (Wildman–Crippen MR) is 44.1 cm³/mol. The number of sulfone groups is 1. The lowest BCUT2D eigenvalue weighted by Gasteiger charge is -2.54. The molecule has 2 saturated carbocycles. The van der Waals surface area contributed by atoms with Gasteiger partial charge in [0.25, 0.3) is 0 Å². The van der Waals surface area contributed by atoms with Gasteiger partial charge in [0.1, 0.15) is 0 Å². The van der Waals surface area contributed by atoms with E-state index in [0.29, 0.717) is 0 Å². The zero-order chi connectivity index (χ0) is 8.11. The summed E-state index contributed by atoms with van der Waals surface area (Å²) >= 11 is 0. The molecule has 0 aromatic heterocycles. The van der Waals surface area contributed by atoms with E-state index in [0.717, 1.165) is 25.7 Å². The second-order valence-corrected chi connectivity index (χ2v) is 6.30. The van der Waals surface area contributed by atoms with Crippen molar-refractivity contribution in [1.29, 1.82) is 0 Å². The SMILES string of the molecule is CS(=O)(=O)C1CCC12CCC2. The van der Waals surface area contributed by atoms with Gasteiger partial charge in [0, 0.05) is 6.26 Å². The molecule has 1 spiro atoms. The molecule has 2 aliphatic carbocycles. The van der Waals surface area contributed by atoms with E-state index in [2.05, 4.69) is 0 Å². The van der Waals surface area contributed by atoms with E-state index in [4.69, 9.17) is 0 Å². The minimum absolute atomic E-state index is 0.0174. The average molecular weight is 174 g/mol. The summed E-state index contributed by atoms with van der Waals surface area (Å²) in [6.07, 6.45) is 7.02. The molecular weight excluding hydrogens is 160 g/mol. The van der Waals surface area contributed by atoms with Gasteiger partial charge in [-0.1, -0.05) is 6.42 Å². The van der Waals surface area contributed by atoms with Crippen molar-refractivity contribution in [1.82, 2.24) is 0 Å². The molecule has 0 heterocycles. The van der Waals surface area contributed by atoms with E-state index in [9.17, 15) is 8.42 Å². The molecule has 1 unspecified atom stereocenters. The van der Waals surface area contributed by atoms with Gasteiger partial charge < -0.3 is 0 Å². The van der Waals surface area contributed by atoms with Crippen LogP contribution in [0.15, 0.2) is 0 Å². The highest BCUT2D eigenvalue weighted by Gasteiger charge is 2.54. The molecule has 11 heavy (non-hydrogen) atoms. The van der Waals surface area contributed by atoms with E-state index >= 15 is 0 Å². The first kappa shape index (κ1) is 7.59. The van der Waals surface area contributed by atoms with Crippen LogP contribution in [-0.4, -0.2) is 19.9 Å². The van der Waals surface area contributed by atoms with Crippen molar-refractivity contribution in [3.05, 3.63) is 0 Å². The molecule has 2 rings (SSSR count). The summed E-state index contributed by atoms with van der Waals surface area (Å²) in [5.41, 5.74) is 0.258. The first-order valence-corrected chi connectivity index (χ1v) is 6.19. The minimum atomic E-state index is -2.73. The van der Waals surface area contributed by atoms with Gasteiger partial charge in [-0.15, -0.1) is 0 Å². The molecular formula is C8H14O2S. The summed E-state index contributed by atoms with van der Waals surface area (Å²) in [7, 11) is -2.73. The molecule has 3 heteroatoms. The van der Waals surface area contributed by atoms with Crippen molar-refractivity contribution in [3.8, 4) is 0 Å². The summed E-state index contributed by atoms with van der Waals surface area (Å²) in [6.45, 7) is 0. The fraction of sp³-hybridized carbons (Fsp3) is 1.00. The Bertz CT molecular complexity index is 256. The zero-order valence-corrected chi connectivity index (χ0v) is 7.65. The monoisotopic (exact) mass is 174 g/mol. The van der Waals surface area contributed by atoms with Crippen LogP contribution in [0.1, 0.15) is 32.1 Å². The van der Waals surface area contributed by atoms with Crippen LogP contribution in [0.4, 0.5) is 0 Å². The van der Waals surface area contributed by atoms with Gasteiger partial charge in [-0.3, -0.25) is 0 Å². The molecule has 0 saturated heterocycles. The quantitative estimate of drug-likeness (QED) is 0.601. The first-order valence-electron chi connectivity index (χ1n) is 4.23. The Balaban J connectivity index is 2.18. The molecule has 1 atom stereocenters. The van der Waals surface area contributed by atoms with Crippen molar-refractivity contribution in [2.24, 2.45) is 5.41 Å². The molecule has 64 valence electrons. The number of rotatable bonds is 1. The molecule has 2 fully saturated rings. The molecule has 0 aromatic rings. The molecule has 0 amide bonds. The third-order valence-electron chi connectivity index (χ3n) is 3.45. The van der Waals surface area contributed by atoms with Crippen LogP contribution in [0.3, 0.4) is 0 Å². The lowest BCUT2D eigenvalue weighted by atomic mass is 9.56. The second kappa shape index (κ2) is 2.00. The fourth-order valence-electron chi connectivity index (χ4n) is 2.54. The maximum Gasteiger partial charge on any atom is 0.150 e.